The SMILES string of the molecule is CC(C)N1CCc2c(sc(NC(=O)c3ccc(S(=O)(=O)N(C)c4ccccc4)cc3)c2C(=O)NC(N)=O)C1. The first kappa shape index (κ1) is 27.3. The molecule has 0 aliphatic carbocycles. The number of nitrogens with two attached hydrogens (primary N) is 1. The summed E-state index contributed by atoms with van der Waals surface area (Å²) in [5.74, 6) is -1.19. The summed E-state index contributed by atoms with van der Waals surface area (Å²) in [6.45, 7) is 5.53. The van der Waals surface area contributed by atoms with Crippen molar-refractivity contribution in [3.8, 4) is 0 Å². The first-order chi connectivity index (χ1) is 18.0. The lowest BCUT2D eigenvalue weighted by Gasteiger charge is -2.30. The van der Waals surface area contributed by atoms with Crippen LogP contribution in [0.4, 0.5) is 15.5 Å². The molecule has 0 spiro atoms. The smallest absolute Gasteiger partial charge is 0.319 e. The summed E-state index contributed by atoms with van der Waals surface area (Å²) < 4.78 is 27.2. The number of para-hydroxylation sites is 1. The Morgan fingerprint density at radius 2 is 1.68 bits per heavy atom. The number of thiophene rings is 1. The molecule has 2 aromatic carbocycles. The third-order valence-electron chi connectivity index (χ3n) is 6.40. The minimum Gasteiger partial charge on any atom is -0.351 e. The van der Waals surface area contributed by atoms with Gasteiger partial charge in [-0.1, -0.05) is 18.2 Å². The summed E-state index contributed by atoms with van der Waals surface area (Å²) in [5, 5.41) is 5.19. The van der Waals surface area contributed by atoms with Gasteiger partial charge in [-0.15, -0.1) is 11.3 Å². The minimum atomic E-state index is -3.84. The molecule has 1 aliphatic heterocycles. The molecular weight excluding hydrogens is 526 g/mol. The van der Waals surface area contributed by atoms with E-state index in [4.69, 9.17) is 5.73 Å². The van der Waals surface area contributed by atoms with Gasteiger partial charge in [-0.3, -0.25) is 24.1 Å². The highest BCUT2D eigenvalue weighted by Gasteiger charge is 2.30. The highest BCUT2D eigenvalue weighted by molar-refractivity contribution is 7.92. The molecule has 0 saturated carbocycles. The van der Waals surface area contributed by atoms with Crippen LogP contribution < -0.4 is 20.7 Å². The highest BCUT2D eigenvalue weighted by atomic mass is 32.2. The van der Waals surface area contributed by atoms with Gasteiger partial charge in [0.2, 0.25) is 0 Å². The number of urea groups is 1. The number of nitrogens with zero attached hydrogens (tertiary/aromatic N) is 2. The zero-order valence-corrected chi connectivity index (χ0v) is 22.9. The van der Waals surface area contributed by atoms with Crippen molar-refractivity contribution in [2.24, 2.45) is 5.73 Å². The molecule has 1 aliphatic rings. The Kier molecular flexibility index (Phi) is 7.86. The maximum absolute atomic E-state index is 13.1. The van der Waals surface area contributed by atoms with E-state index < -0.39 is 27.9 Å². The number of nitrogens with one attached hydrogen (secondary N) is 2. The Bertz CT molecular complexity index is 1470. The molecule has 0 radical (unpaired) electrons. The van der Waals surface area contributed by atoms with Crippen molar-refractivity contribution in [1.29, 1.82) is 0 Å². The fourth-order valence-corrected chi connectivity index (χ4v) is 6.72. The molecule has 3 aromatic rings. The lowest BCUT2D eigenvalue weighted by Crippen LogP contribution is -2.38. The molecule has 200 valence electrons. The van der Waals surface area contributed by atoms with Crippen LogP contribution in [0.1, 0.15) is 45.0 Å². The number of carbonyl (C=O) groups is 3. The van der Waals surface area contributed by atoms with Gasteiger partial charge in [-0.05, 0) is 62.2 Å². The topological polar surface area (TPSA) is 142 Å². The fraction of sp³-hybridized carbons (Fsp3) is 0.269. The van der Waals surface area contributed by atoms with Crippen LogP contribution in [0.2, 0.25) is 0 Å². The van der Waals surface area contributed by atoms with E-state index in [0.29, 0.717) is 29.7 Å². The van der Waals surface area contributed by atoms with Gasteiger partial charge in [0.1, 0.15) is 5.00 Å². The zero-order valence-electron chi connectivity index (χ0n) is 21.2. The number of carbonyl (C=O) groups excluding carboxylic acids is 3. The molecule has 0 atom stereocenters. The quantitative estimate of drug-likeness (QED) is 0.408. The standard InChI is InChI=1S/C26H29N5O5S2/c1-16(2)31-14-13-20-21(15-31)37-25(22(20)24(33)29-26(27)34)28-23(32)17-9-11-19(12-10-17)38(35,36)30(3)18-7-5-4-6-8-18/h4-12,16H,13-15H2,1-3H3,(H,28,32)(H3,27,29,33,34). The van der Waals surface area contributed by atoms with Gasteiger partial charge in [0.05, 0.1) is 16.1 Å². The Balaban J connectivity index is 1.59. The van der Waals surface area contributed by atoms with Crippen molar-refractivity contribution in [3.05, 3.63) is 76.2 Å². The third kappa shape index (κ3) is 5.57. The Hall–Kier alpha value is -3.74. The van der Waals surface area contributed by atoms with Crippen LogP contribution in [-0.2, 0) is 23.0 Å². The molecule has 12 heteroatoms. The van der Waals surface area contributed by atoms with Crippen molar-refractivity contribution < 1.29 is 22.8 Å². The van der Waals surface area contributed by atoms with Crippen molar-refractivity contribution in [3.63, 3.8) is 0 Å². The number of hydrogen-bond acceptors (Lipinski definition) is 7. The maximum Gasteiger partial charge on any atom is 0.319 e. The van der Waals surface area contributed by atoms with E-state index in [2.05, 4.69) is 29.4 Å². The molecule has 4 amide bonds. The van der Waals surface area contributed by atoms with Crippen LogP contribution in [0.5, 0.6) is 0 Å². The molecule has 4 rings (SSSR count). The van der Waals surface area contributed by atoms with E-state index in [9.17, 15) is 22.8 Å². The summed E-state index contributed by atoms with van der Waals surface area (Å²) in [6, 6.07) is 13.5. The van der Waals surface area contributed by atoms with Crippen molar-refractivity contribution in [2.75, 3.05) is 23.2 Å². The van der Waals surface area contributed by atoms with E-state index in [0.717, 1.165) is 17.0 Å². The van der Waals surface area contributed by atoms with Gasteiger partial charge in [-0.2, -0.15) is 0 Å². The number of sulfonamides is 1. The molecule has 10 nitrogen and oxygen atoms in total. The Morgan fingerprint density at radius 1 is 1.03 bits per heavy atom. The largest absolute Gasteiger partial charge is 0.351 e. The number of imide groups is 1. The molecule has 1 aromatic heterocycles. The van der Waals surface area contributed by atoms with Gasteiger partial charge in [-0.25, -0.2) is 13.2 Å². The average molecular weight is 556 g/mol. The van der Waals surface area contributed by atoms with Gasteiger partial charge in [0.25, 0.3) is 21.8 Å². The second-order valence-corrected chi connectivity index (χ2v) is 12.2. The summed E-state index contributed by atoms with van der Waals surface area (Å²) in [4.78, 5) is 40.5. The zero-order chi connectivity index (χ0) is 27.6. The van der Waals surface area contributed by atoms with Gasteiger partial charge >= 0.3 is 6.03 Å². The molecule has 2 heterocycles. The van der Waals surface area contributed by atoms with Crippen LogP contribution in [0.15, 0.2) is 59.5 Å². The number of amides is 4. The second kappa shape index (κ2) is 10.9. The van der Waals surface area contributed by atoms with E-state index >= 15 is 0 Å². The third-order valence-corrected chi connectivity index (χ3v) is 9.33. The number of anilines is 2. The number of primary amides is 1. The van der Waals surface area contributed by atoms with Crippen LogP contribution >= 0.6 is 11.3 Å². The van der Waals surface area contributed by atoms with Crippen LogP contribution in [0.25, 0.3) is 0 Å². The van der Waals surface area contributed by atoms with Crippen molar-refractivity contribution >= 4 is 49.9 Å². The maximum atomic E-state index is 13.1. The van der Waals surface area contributed by atoms with Gasteiger partial charge in [0, 0.05) is 36.6 Å². The number of hydrogen-bond donors (Lipinski definition) is 3. The lowest BCUT2D eigenvalue weighted by molar-refractivity contribution is 0.0965. The fourth-order valence-electron chi connectivity index (χ4n) is 4.26. The summed E-state index contributed by atoms with van der Waals surface area (Å²) in [6.07, 6.45) is 0.586. The van der Waals surface area contributed by atoms with Crippen molar-refractivity contribution in [1.82, 2.24) is 10.2 Å². The van der Waals surface area contributed by atoms with Gasteiger partial charge in [0.15, 0.2) is 0 Å². The van der Waals surface area contributed by atoms with E-state index in [1.807, 2.05) is 0 Å². The second-order valence-electron chi connectivity index (χ2n) is 9.13. The normalized spacial score (nSPS) is 13.6. The number of rotatable bonds is 7. The van der Waals surface area contributed by atoms with Gasteiger partial charge < -0.3 is 11.1 Å². The lowest BCUT2D eigenvalue weighted by atomic mass is 10.0. The first-order valence-corrected chi connectivity index (χ1v) is 14.2. The van der Waals surface area contributed by atoms with E-state index in [1.165, 1.54) is 47.0 Å². The Labute approximate surface area is 225 Å². The minimum absolute atomic E-state index is 0.0299. The summed E-state index contributed by atoms with van der Waals surface area (Å²) >= 11 is 1.28. The number of fused-ring (bicyclic) bond motifs is 1. The Morgan fingerprint density at radius 3 is 2.29 bits per heavy atom. The molecule has 38 heavy (non-hydrogen) atoms. The van der Waals surface area contributed by atoms with E-state index in [1.54, 1.807) is 30.3 Å². The number of benzene rings is 2. The summed E-state index contributed by atoms with van der Waals surface area (Å²) in [7, 11) is -2.37. The van der Waals surface area contributed by atoms with Crippen LogP contribution in [0, 0.1) is 0 Å². The summed E-state index contributed by atoms with van der Waals surface area (Å²) in [5.41, 5.74) is 6.90. The van der Waals surface area contributed by atoms with Crippen LogP contribution in [0.3, 0.4) is 0 Å². The predicted molar refractivity (Wildman–Crippen MR) is 147 cm³/mol. The monoisotopic (exact) mass is 555 g/mol. The highest BCUT2D eigenvalue weighted by Crippen LogP contribution is 2.38. The van der Waals surface area contributed by atoms with Crippen LogP contribution in [-0.4, -0.2) is 50.8 Å². The molecular formula is C26H29N5O5S2. The molecule has 0 saturated heterocycles. The molecule has 0 fully saturated rings. The van der Waals surface area contributed by atoms with E-state index in [-0.39, 0.29) is 16.0 Å². The molecule has 4 N–H and O–H groups in total. The van der Waals surface area contributed by atoms with Crippen molar-refractivity contribution in [2.45, 2.75) is 37.8 Å². The molecule has 0 unspecified atom stereocenters. The predicted octanol–water partition coefficient (Wildman–Crippen LogP) is 3.40. The first-order valence-electron chi connectivity index (χ1n) is 11.9. The average Bonchev–Trinajstić information content (AvgIpc) is 3.25. The molecule has 0 bridgehead atoms.